The Bertz CT molecular complexity index is 438. The first-order valence-electron chi connectivity index (χ1n) is 6.97. The van der Waals surface area contributed by atoms with Gasteiger partial charge in [0.15, 0.2) is 0 Å². The first-order valence-corrected chi connectivity index (χ1v) is 6.97. The van der Waals surface area contributed by atoms with Gasteiger partial charge in [0.1, 0.15) is 0 Å². The first-order chi connectivity index (χ1) is 9.20. The predicted molar refractivity (Wildman–Crippen MR) is 73.2 cm³/mol. The lowest BCUT2D eigenvalue weighted by atomic mass is 9.86. The molecule has 1 aliphatic rings. The summed E-state index contributed by atoms with van der Waals surface area (Å²) in [6.07, 6.45) is 8.95. The highest BCUT2D eigenvalue weighted by molar-refractivity contribution is 5.76. The van der Waals surface area contributed by atoms with Crippen molar-refractivity contribution in [2.24, 2.45) is 5.92 Å². The van der Waals surface area contributed by atoms with Crippen molar-refractivity contribution in [2.45, 2.75) is 44.6 Å². The molecule has 0 atom stereocenters. The number of H-pyrrole nitrogens is 1. The summed E-state index contributed by atoms with van der Waals surface area (Å²) >= 11 is 0. The van der Waals surface area contributed by atoms with Gasteiger partial charge in [0, 0.05) is 37.8 Å². The molecule has 102 valence electrons. The van der Waals surface area contributed by atoms with Crippen molar-refractivity contribution < 1.29 is 4.79 Å². The van der Waals surface area contributed by atoms with E-state index in [1.807, 2.05) is 30.4 Å². The Kier molecular flexibility index (Phi) is 4.62. The number of aromatic nitrogens is 1. The molecule has 19 heavy (non-hydrogen) atoms. The molecule has 0 aromatic carbocycles. The van der Waals surface area contributed by atoms with Crippen LogP contribution in [0, 0.1) is 17.2 Å². The fraction of sp³-hybridized carbons (Fsp3) is 0.600. The lowest BCUT2D eigenvalue weighted by Gasteiger charge is -2.32. The minimum atomic E-state index is 0.194. The molecule has 1 aromatic rings. The van der Waals surface area contributed by atoms with Gasteiger partial charge in [-0.1, -0.05) is 0 Å². The third kappa shape index (κ3) is 3.60. The molecule has 0 saturated heterocycles. The maximum Gasteiger partial charge on any atom is 0.222 e. The standard InChI is InChI=1S/C15H21N3O/c1-18(14-5-2-12(10-16)3-6-14)15(19)7-4-13-8-9-17-11-13/h8-9,11-12,14,17H,2-7H2,1H3. The van der Waals surface area contributed by atoms with Crippen LogP contribution < -0.4 is 0 Å². The molecule has 0 radical (unpaired) electrons. The second kappa shape index (κ2) is 6.42. The lowest BCUT2D eigenvalue weighted by molar-refractivity contribution is -0.132. The highest BCUT2D eigenvalue weighted by Gasteiger charge is 2.26. The SMILES string of the molecule is CN(C(=O)CCc1cc[nH]c1)C1CCC(C#N)CC1. The smallest absolute Gasteiger partial charge is 0.222 e. The third-order valence-electron chi connectivity index (χ3n) is 4.11. The molecule has 1 N–H and O–H groups in total. The Morgan fingerprint density at radius 3 is 2.79 bits per heavy atom. The van der Waals surface area contributed by atoms with Gasteiger partial charge in [-0.2, -0.15) is 5.26 Å². The average molecular weight is 259 g/mol. The summed E-state index contributed by atoms with van der Waals surface area (Å²) in [4.78, 5) is 17.0. The van der Waals surface area contributed by atoms with Gasteiger partial charge in [-0.05, 0) is 43.7 Å². The van der Waals surface area contributed by atoms with Gasteiger partial charge in [0.25, 0.3) is 0 Å². The fourth-order valence-electron chi connectivity index (χ4n) is 2.74. The van der Waals surface area contributed by atoms with E-state index in [0.29, 0.717) is 12.5 Å². The quantitative estimate of drug-likeness (QED) is 0.903. The number of rotatable bonds is 4. The molecule has 0 spiro atoms. The normalized spacial score (nSPS) is 22.7. The molecule has 0 bridgehead atoms. The van der Waals surface area contributed by atoms with E-state index >= 15 is 0 Å². The van der Waals surface area contributed by atoms with Crippen molar-refractivity contribution in [1.29, 1.82) is 5.26 Å². The molecule has 1 aromatic heterocycles. The van der Waals surface area contributed by atoms with E-state index in [9.17, 15) is 4.79 Å². The Morgan fingerprint density at radius 1 is 1.47 bits per heavy atom. The third-order valence-corrected chi connectivity index (χ3v) is 4.11. The number of amides is 1. The van der Waals surface area contributed by atoms with Crippen LogP contribution in [0.15, 0.2) is 18.5 Å². The van der Waals surface area contributed by atoms with Gasteiger partial charge < -0.3 is 9.88 Å². The molecule has 1 aliphatic carbocycles. The molecule has 1 fully saturated rings. The Labute approximate surface area is 114 Å². The van der Waals surface area contributed by atoms with Crippen LogP contribution in [0.25, 0.3) is 0 Å². The highest BCUT2D eigenvalue weighted by atomic mass is 16.2. The zero-order valence-electron chi connectivity index (χ0n) is 11.4. The summed E-state index contributed by atoms with van der Waals surface area (Å²) in [7, 11) is 1.90. The van der Waals surface area contributed by atoms with E-state index in [4.69, 9.17) is 5.26 Å². The number of carbonyl (C=O) groups excluding carboxylic acids is 1. The van der Waals surface area contributed by atoms with Crippen LogP contribution in [0.2, 0.25) is 0 Å². The Hall–Kier alpha value is -1.76. The number of nitriles is 1. The summed E-state index contributed by atoms with van der Waals surface area (Å²) in [5.41, 5.74) is 1.18. The fourth-order valence-corrected chi connectivity index (χ4v) is 2.74. The van der Waals surface area contributed by atoms with Crippen molar-refractivity contribution in [3.05, 3.63) is 24.0 Å². The highest BCUT2D eigenvalue weighted by Crippen LogP contribution is 2.26. The van der Waals surface area contributed by atoms with Crippen molar-refractivity contribution in [3.8, 4) is 6.07 Å². The molecule has 0 unspecified atom stereocenters. The van der Waals surface area contributed by atoms with Crippen LogP contribution in [0.4, 0.5) is 0 Å². The monoisotopic (exact) mass is 259 g/mol. The summed E-state index contributed by atoms with van der Waals surface area (Å²) in [5.74, 6) is 0.404. The molecular formula is C15H21N3O. The van der Waals surface area contributed by atoms with Crippen LogP contribution in [0.5, 0.6) is 0 Å². The average Bonchev–Trinajstić information content (AvgIpc) is 2.97. The van der Waals surface area contributed by atoms with Crippen LogP contribution >= 0.6 is 0 Å². The van der Waals surface area contributed by atoms with Gasteiger partial charge in [-0.3, -0.25) is 4.79 Å². The zero-order chi connectivity index (χ0) is 13.7. The number of carbonyl (C=O) groups is 1. The molecule has 1 saturated carbocycles. The Balaban J connectivity index is 1.78. The van der Waals surface area contributed by atoms with Gasteiger partial charge in [-0.25, -0.2) is 0 Å². The van der Waals surface area contributed by atoms with Crippen LogP contribution in [-0.4, -0.2) is 28.9 Å². The van der Waals surface area contributed by atoms with Gasteiger partial charge in [0.05, 0.1) is 6.07 Å². The molecule has 1 heterocycles. The lowest BCUT2D eigenvalue weighted by Crippen LogP contribution is -2.39. The van der Waals surface area contributed by atoms with E-state index < -0.39 is 0 Å². The van der Waals surface area contributed by atoms with Crippen LogP contribution in [0.1, 0.15) is 37.7 Å². The van der Waals surface area contributed by atoms with E-state index in [-0.39, 0.29) is 11.8 Å². The molecule has 2 rings (SSSR count). The number of aromatic amines is 1. The van der Waals surface area contributed by atoms with Crippen molar-refractivity contribution >= 4 is 5.91 Å². The van der Waals surface area contributed by atoms with Crippen molar-refractivity contribution in [2.75, 3.05) is 7.05 Å². The second-order valence-corrected chi connectivity index (χ2v) is 5.36. The number of nitrogens with zero attached hydrogens (tertiary/aromatic N) is 2. The number of aryl methyl sites for hydroxylation is 1. The molecular weight excluding hydrogens is 238 g/mol. The van der Waals surface area contributed by atoms with E-state index in [1.54, 1.807) is 0 Å². The van der Waals surface area contributed by atoms with Gasteiger partial charge >= 0.3 is 0 Å². The van der Waals surface area contributed by atoms with Crippen molar-refractivity contribution in [1.82, 2.24) is 9.88 Å². The van der Waals surface area contributed by atoms with E-state index in [2.05, 4.69) is 11.1 Å². The van der Waals surface area contributed by atoms with Gasteiger partial charge in [-0.15, -0.1) is 0 Å². The first kappa shape index (κ1) is 13.7. The topological polar surface area (TPSA) is 59.9 Å². The Morgan fingerprint density at radius 2 is 2.21 bits per heavy atom. The van der Waals surface area contributed by atoms with E-state index in [0.717, 1.165) is 32.1 Å². The number of hydrogen-bond acceptors (Lipinski definition) is 2. The number of hydrogen-bond donors (Lipinski definition) is 1. The van der Waals surface area contributed by atoms with Crippen LogP contribution in [-0.2, 0) is 11.2 Å². The largest absolute Gasteiger partial charge is 0.367 e. The maximum atomic E-state index is 12.1. The molecule has 0 aliphatic heterocycles. The van der Waals surface area contributed by atoms with Crippen molar-refractivity contribution in [3.63, 3.8) is 0 Å². The van der Waals surface area contributed by atoms with Crippen LogP contribution in [0.3, 0.4) is 0 Å². The second-order valence-electron chi connectivity index (χ2n) is 5.36. The summed E-state index contributed by atoms with van der Waals surface area (Å²) in [6.45, 7) is 0. The van der Waals surface area contributed by atoms with Gasteiger partial charge in [0.2, 0.25) is 5.91 Å². The van der Waals surface area contributed by atoms with E-state index in [1.165, 1.54) is 5.56 Å². The summed E-state index contributed by atoms with van der Waals surface area (Å²) < 4.78 is 0. The molecule has 1 amide bonds. The minimum Gasteiger partial charge on any atom is -0.367 e. The predicted octanol–water partition coefficient (Wildman–Crippen LogP) is 2.49. The number of nitrogens with one attached hydrogen (secondary N) is 1. The summed E-state index contributed by atoms with van der Waals surface area (Å²) in [6, 6.07) is 4.66. The zero-order valence-corrected chi connectivity index (χ0v) is 11.4. The maximum absolute atomic E-state index is 12.1. The molecule has 4 nitrogen and oxygen atoms in total. The minimum absolute atomic E-state index is 0.194. The molecule has 4 heteroatoms. The summed E-state index contributed by atoms with van der Waals surface area (Å²) in [5, 5.41) is 8.88.